The predicted molar refractivity (Wildman–Crippen MR) is 49.3 cm³/mol. The summed E-state index contributed by atoms with van der Waals surface area (Å²) >= 11 is 0. The van der Waals surface area contributed by atoms with Crippen LogP contribution in [0, 0.1) is 11.8 Å². The first-order chi connectivity index (χ1) is 6.09. The van der Waals surface area contributed by atoms with Gasteiger partial charge in [-0.25, -0.2) is 0 Å². The summed E-state index contributed by atoms with van der Waals surface area (Å²) in [4.78, 5) is 18.2. The highest BCUT2D eigenvalue weighted by Crippen LogP contribution is 2.51. The molecule has 0 unspecified atom stereocenters. The third-order valence-electron chi connectivity index (χ3n) is 3.32. The van der Waals surface area contributed by atoms with E-state index in [9.17, 15) is 4.57 Å². The van der Waals surface area contributed by atoms with Gasteiger partial charge in [0.1, 0.15) is 5.78 Å². The summed E-state index contributed by atoms with van der Waals surface area (Å²) in [5.74, 6) is 0.166. The molecule has 76 valence electrons. The van der Waals surface area contributed by atoms with Crippen LogP contribution in [0.4, 0.5) is 0 Å². The summed E-state index contributed by atoms with van der Waals surface area (Å²) in [6.45, 7) is 0.792. The molecule has 2 rings (SSSR count). The molecular formula is C8H16NO3P. The molecule has 1 saturated carbocycles. The van der Waals surface area contributed by atoms with Crippen molar-refractivity contribution in [3.05, 3.63) is 0 Å². The molecule has 1 aliphatic carbocycles. The second kappa shape index (κ2) is 3.35. The second-order valence-corrected chi connectivity index (χ2v) is 5.89. The van der Waals surface area contributed by atoms with Crippen molar-refractivity contribution in [1.82, 2.24) is 5.32 Å². The molecule has 1 heterocycles. The number of hydrogen-bond acceptors (Lipinski definition) is 2. The molecule has 13 heavy (non-hydrogen) atoms. The van der Waals surface area contributed by atoms with Gasteiger partial charge in [-0.05, 0) is 31.2 Å². The summed E-state index contributed by atoms with van der Waals surface area (Å²) in [6.07, 6.45) is 4.46. The molecule has 4 nitrogen and oxygen atoms in total. The lowest BCUT2D eigenvalue weighted by Gasteiger charge is -2.28. The highest BCUT2D eigenvalue weighted by Gasteiger charge is 2.45. The number of rotatable bonds is 1. The number of hydrogen-bond donors (Lipinski definition) is 3. The molecular weight excluding hydrogens is 189 g/mol. The standard InChI is InChI=1S/C8H16NO3P/c10-13(11,12)8-7-4-2-1-3-6(7)5-9-8/h6-9H,1-5H2,(H2,10,11,12)/t6-,7-,8-/m0/s1. The molecule has 2 aliphatic rings. The van der Waals surface area contributed by atoms with Gasteiger partial charge in [0, 0.05) is 0 Å². The van der Waals surface area contributed by atoms with Crippen LogP contribution in [-0.4, -0.2) is 22.1 Å². The molecule has 2 fully saturated rings. The molecule has 0 aromatic carbocycles. The van der Waals surface area contributed by atoms with E-state index in [2.05, 4.69) is 5.32 Å². The minimum atomic E-state index is -3.91. The Hall–Kier alpha value is 0.110. The van der Waals surface area contributed by atoms with Crippen molar-refractivity contribution in [2.45, 2.75) is 31.5 Å². The van der Waals surface area contributed by atoms with E-state index in [1.165, 1.54) is 6.42 Å². The first-order valence-corrected chi connectivity index (χ1v) is 6.56. The van der Waals surface area contributed by atoms with E-state index in [4.69, 9.17) is 9.79 Å². The minimum absolute atomic E-state index is 0.217. The van der Waals surface area contributed by atoms with Crippen molar-refractivity contribution < 1.29 is 14.4 Å². The molecule has 0 aromatic heterocycles. The van der Waals surface area contributed by atoms with Crippen LogP contribution in [0.25, 0.3) is 0 Å². The average Bonchev–Trinajstić information content (AvgIpc) is 2.45. The van der Waals surface area contributed by atoms with E-state index >= 15 is 0 Å². The Bertz CT molecular complexity index is 240. The van der Waals surface area contributed by atoms with E-state index < -0.39 is 13.4 Å². The van der Waals surface area contributed by atoms with Gasteiger partial charge >= 0.3 is 7.60 Å². The van der Waals surface area contributed by atoms with Gasteiger partial charge in [0.2, 0.25) is 0 Å². The first-order valence-electron chi connectivity index (χ1n) is 4.87. The summed E-state index contributed by atoms with van der Waals surface area (Å²) < 4.78 is 11.1. The predicted octanol–water partition coefficient (Wildman–Crippen LogP) is 0.900. The molecule has 0 spiro atoms. The number of nitrogens with one attached hydrogen (secondary N) is 1. The van der Waals surface area contributed by atoms with Crippen LogP contribution in [0.3, 0.4) is 0 Å². The lowest BCUT2D eigenvalue weighted by Crippen LogP contribution is -2.28. The second-order valence-electron chi connectivity index (χ2n) is 4.15. The van der Waals surface area contributed by atoms with Crippen LogP contribution in [0.2, 0.25) is 0 Å². The summed E-state index contributed by atoms with van der Waals surface area (Å²) in [5, 5.41) is 2.98. The van der Waals surface area contributed by atoms with Gasteiger partial charge in [0.15, 0.2) is 0 Å². The van der Waals surface area contributed by atoms with E-state index in [0.717, 1.165) is 25.8 Å². The van der Waals surface area contributed by atoms with Gasteiger partial charge in [-0.1, -0.05) is 12.8 Å². The highest BCUT2D eigenvalue weighted by atomic mass is 31.2. The highest BCUT2D eigenvalue weighted by molar-refractivity contribution is 7.52. The van der Waals surface area contributed by atoms with Gasteiger partial charge < -0.3 is 15.1 Å². The van der Waals surface area contributed by atoms with Crippen LogP contribution in [0.1, 0.15) is 25.7 Å². The fourth-order valence-electron chi connectivity index (χ4n) is 2.70. The maximum Gasteiger partial charge on any atom is 0.342 e. The van der Waals surface area contributed by atoms with E-state index in [1.807, 2.05) is 0 Å². The topological polar surface area (TPSA) is 69.6 Å². The van der Waals surface area contributed by atoms with Gasteiger partial charge in [-0.15, -0.1) is 0 Å². The zero-order valence-corrected chi connectivity index (χ0v) is 8.41. The molecule has 0 amide bonds. The summed E-state index contributed by atoms with van der Waals surface area (Å²) in [7, 11) is -3.91. The fraction of sp³-hybridized carbons (Fsp3) is 1.00. The Balaban J connectivity index is 2.11. The minimum Gasteiger partial charge on any atom is -0.323 e. The Morgan fingerprint density at radius 2 is 1.92 bits per heavy atom. The quantitative estimate of drug-likeness (QED) is 0.556. The lowest BCUT2D eigenvalue weighted by atomic mass is 9.82. The number of fused-ring (bicyclic) bond motifs is 1. The smallest absolute Gasteiger partial charge is 0.323 e. The Morgan fingerprint density at radius 3 is 2.62 bits per heavy atom. The summed E-state index contributed by atoms with van der Waals surface area (Å²) in [6, 6.07) is 0. The molecule has 3 atom stereocenters. The van der Waals surface area contributed by atoms with Crippen molar-refractivity contribution in [3.8, 4) is 0 Å². The lowest BCUT2D eigenvalue weighted by molar-refractivity contribution is 0.265. The van der Waals surface area contributed by atoms with E-state index in [1.54, 1.807) is 0 Å². The van der Waals surface area contributed by atoms with Crippen LogP contribution in [0.15, 0.2) is 0 Å². The molecule has 1 saturated heterocycles. The van der Waals surface area contributed by atoms with Crippen molar-refractivity contribution in [3.63, 3.8) is 0 Å². The molecule has 5 heteroatoms. The average molecular weight is 205 g/mol. The van der Waals surface area contributed by atoms with Gasteiger partial charge in [-0.2, -0.15) is 0 Å². The SMILES string of the molecule is O=P(O)(O)[C@@H]1NC[C@@H]2CCCC[C@@H]21. The van der Waals surface area contributed by atoms with Crippen LogP contribution in [-0.2, 0) is 4.57 Å². The maximum atomic E-state index is 11.1. The molecule has 0 radical (unpaired) electrons. The molecule has 0 aromatic rings. The van der Waals surface area contributed by atoms with Crippen molar-refractivity contribution >= 4 is 7.60 Å². The van der Waals surface area contributed by atoms with Crippen LogP contribution >= 0.6 is 7.60 Å². The van der Waals surface area contributed by atoms with Crippen LogP contribution in [0.5, 0.6) is 0 Å². The first kappa shape index (κ1) is 9.66. The van der Waals surface area contributed by atoms with Crippen molar-refractivity contribution in [2.75, 3.05) is 6.54 Å². The Labute approximate surface area is 77.9 Å². The molecule has 3 N–H and O–H groups in total. The van der Waals surface area contributed by atoms with Crippen molar-refractivity contribution in [1.29, 1.82) is 0 Å². The zero-order chi connectivity index (χ0) is 9.47. The fourth-order valence-corrected chi connectivity index (χ4v) is 3.93. The van der Waals surface area contributed by atoms with Gasteiger partial charge in [0.25, 0.3) is 0 Å². The van der Waals surface area contributed by atoms with Gasteiger partial charge in [-0.3, -0.25) is 4.57 Å². The normalized spacial score (nSPS) is 40.3. The van der Waals surface area contributed by atoms with Gasteiger partial charge in [0.05, 0.1) is 0 Å². The molecule has 1 aliphatic heterocycles. The van der Waals surface area contributed by atoms with E-state index in [-0.39, 0.29) is 5.92 Å². The summed E-state index contributed by atoms with van der Waals surface area (Å²) in [5.41, 5.74) is 0. The third-order valence-corrected chi connectivity index (χ3v) is 4.62. The largest absolute Gasteiger partial charge is 0.342 e. The monoisotopic (exact) mass is 205 g/mol. The van der Waals surface area contributed by atoms with Crippen molar-refractivity contribution in [2.24, 2.45) is 11.8 Å². The zero-order valence-electron chi connectivity index (χ0n) is 7.52. The maximum absolute atomic E-state index is 11.1. The van der Waals surface area contributed by atoms with Crippen LogP contribution < -0.4 is 5.32 Å². The third kappa shape index (κ3) is 1.82. The Kier molecular flexibility index (Phi) is 2.49. The molecule has 0 bridgehead atoms. The Morgan fingerprint density at radius 1 is 1.23 bits per heavy atom. The van der Waals surface area contributed by atoms with E-state index in [0.29, 0.717) is 5.92 Å².